The van der Waals surface area contributed by atoms with Crippen LogP contribution in [-0.4, -0.2) is 47.5 Å². The zero-order valence-corrected chi connectivity index (χ0v) is 13.8. The second-order valence-corrected chi connectivity index (χ2v) is 6.56. The third-order valence-electron chi connectivity index (χ3n) is 5.12. The third kappa shape index (κ3) is 2.09. The van der Waals surface area contributed by atoms with Crippen molar-refractivity contribution < 1.29 is 19.4 Å². The van der Waals surface area contributed by atoms with E-state index in [-0.39, 0.29) is 5.39 Å². The molecule has 1 saturated heterocycles. The fourth-order valence-electron chi connectivity index (χ4n) is 3.89. The van der Waals surface area contributed by atoms with Gasteiger partial charge in [-0.1, -0.05) is 0 Å². The molecule has 132 valence electrons. The van der Waals surface area contributed by atoms with Gasteiger partial charge in [0.15, 0.2) is 11.6 Å². The Morgan fingerprint density at radius 1 is 1.24 bits per heavy atom. The van der Waals surface area contributed by atoms with Gasteiger partial charge in [0, 0.05) is 38.4 Å². The van der Waals surface area contributed by atoms with Crippen LogP contribution in [0.4, 0.5) is 10.1 Å². The molecule has 2 N–H and O–H groups in total. The van der Waals surface area contributed by atoms with Crippen molar-refractivity contribution in [2.75, 3.05) is 36.6 Å². The van der Waals surface area contributed by atoms with Gasteiger partial charge in [-0.3, -0.25) is 9.47 Å². The van der Waals surface area contributed by atoms with Crippen molar-refractivity contribution in [2.45, 2.75) is 19.3 Å². The van der Waals surface area contributed by atoms with Gasteiger partial charge in [-0.05, 0) is 19.3 Å². The third-order valence-corrected chi connectivity index (χ3v) is 5.12. The van der Waals surface area contributed by atoms with E-state index in [0.29, 0.717) is 42.8 Å². The van der Waals surface area contributed by atoms with Gasteiger partial charge in [0.05, 0.1) is 16.6 Å². The highest BCUT2D eigenvalue weighted by Crippen LogP contribution is 2.41. The quantitative estimate of drug-likeness (QED) is 0.851. The summed E-state index contributed by atoms with van der Waals surface area (Å²) in [5, 5.41) is 21.2. The Morgan fingerprint density at radius 3 is 2.56 bits per heavy atom. The molecule has 3 heterocycles. The van der Waals surface area contributed by atoms with Crippen LogP contribution in [0.5, 0.6) is 5.75 Å². The largest absolute Gasteiger partial charge is 0.504 e. The monoisotopic (exact) mass is 347 g/mol. The molecular formula is C17H18FN3O4. The summed E-state index contributed by atoms with van der Waals surface area (Å²) < 4.78 is 16.5. The van der Waals surface area contributed by atoms with Crippen LogP contribution >= 0.6 is 0 Å². The highest BCUT2D eigenvalue weighted by atomic mass is 19.1. The van der Waals surface area contributed by atoms with Crippen molar-refractivity contribution in [3.8, 4) is 5.75 Å². The van der Waals surface area contributed by atoms with Crippen molar-refractivity contribution >= 4 is 22.6 Å². The molecule has 0 aliphatic carbocycles. The van der Waals surface area contributed by atoms with Crippen LogP contribution < -0.4 is 15.3 Å². The molecule has 0 spiro atoms. The van der Waals surface area contributed by atoms with E-state index in [1.165, 1.54) is 10.9 Å². The van der Waals surface area contributed by atoms with E-state index in [1.807, 2.05) is 4.90 Å². The first-order valence-electron chi connectivity index (χ1n) is 8.24. The summed E-state index contributed by atoms with van der Waals surface area (Å²) in [6.07, 6.45) is 3.66. The number of likely N-dealkylation sites (N-methyl/N-ethyl adjacent to an activating group) is 1. The zero-order chi connectivity index (χ0) is 17.9. The van der Waals surface area contributed by atoms with Crippen molar-refractivity contribution in [1.29, 1.82) is 0 Å². The highest BCUT2D eigenvalue weighted by Gasteiger charge is 2.32. The van der Waals surface area contributed by atoms with Gasteiger partial charge in [-0.25, -0.2) is 9.18 Å². The zero-order valence-electron chi connectivity index (χ0n) is 13.8. The van der Waals surface area contributed by atoms with Gasteiger partial charge in [-0.2, -0.15) is 0 Å². The lowest BCUT2D eigenvalue weighted by atomic mass is 9.98. The standard InChI is InChI=1S/C17H18FN3O4/c1-19-7-4-9-13-11(15(22)10(17(24)25)8-21(13)19)16(23)12(18)14(9)20-5-2-3-6-20/h8,23H,2-7H2,1H3,(H,24,25). The summed E-state index contributed by atoms with van der Waals surface area (Å²) in [6, 6.07) is 0. The molecule has 1 fully saturated rings. The van der Waals surface area contributed by atoms with Crippen molar-refractivity contribution in [2.24, 2.45) is 0 Å². The van der Waals surface area contributed by atoms with Crippen LogP contribution in [0.1, 0.15) is 28.8 Å². The first-order valence-corrected chi connectivity index (χ1v) is 8.24. The molecule has 2 aromatic rings. The Bertz CT molecular complexity index is 963. The molecule has 0 bridgehead atoms. The fourth-order valence-corrected chi connectivity index (χ4v) is 3.89. The van der Waals surface area contributed by atoms with Gasteiger partial charge in [0.2, 0.25) is 5.43 Å². The predicted molar refractivity (Wildman–Crippen MR) is 90.9 cm³/mol. The molecule has 0 saturated carbocycles. The second kappa shape index (κ2) is 5.37. The van der Waals surface area contributed by atoms with Crippen molar-refractivity contribution in [3.05, 3.63) is 33.4 Å². The first-order chi connectivity index (χ1) is 11.9. The smallest absolute Gasteiger partial charge is 0.341 e. The highest BCUT2D eigenvalue weighted by molar-refractivity contribution is 5.98. The summed E-state index contributed by atoms with van der Waals surface area (Å²) in [5.74, 6) is -3.00. The number of aromatic nitrogens is 1. The van der Waals surface area contributed by atoms with E-state index >= 15 is 0 Å². The predicted octanol–water partition coefficient (Wildman–Crippen LogP) is 1.27. The number of hydrogen-bond acceptors (Lipinski definition) is 5. The van der Waals surface area contributed by atoms with E-state index in [9.17, 15) is 24.2 Å². The Hall–Kier alpha value is -2.77. The number of benzene rings is 1. The van der Waals surface area contributed by atoms with Crippen LogP contribution in [0.3, 0.4) is 0 Å². The number of phenolic OH excluding ortho intramolecular Hbond substituents is 1. The number of anilines is 1. The maximum Gasteiger partial charge on any atom is 0.341 e. The molecule has 1 aromatic carbocycles. The molecule has 0 amide bonds. The SMILES string of the molecule is CN1CCc2c(N3CCCC3)c(F)c(O)c3c(=O)c(C(=O)O)cn1c23. The second-order valence-electron chi connectivity index (χ2n) is 6.56. The fraction of sp³-hybridized carbons (Fsp3) is 0.412. The van der Waals surface area contributed by atoms with Crippen LogP contribution in [0.15, 0.2) is 11.0 Å². The number of halogens is 1. The number of phenols is 1. The molecule has 0 atom stereocenters. The van der Waals surface area contributed by atoms with Gasteiger partial charge in [-0.15, -0.1) is 0 Å². The van der Waals surface area contributed by atoms with Gasteiger partial charge >= 0.3 is 5.97 Å². The normalized spacial score (nSPS) is 16.7. The maximum atomic E-state index is 15.0. The summed E-state index contributed by atoms with van der Waals surface area (Å²) in [4.78, 5) is 25.9. The number of aromatic hydroxyl groups is 1. The van der Waals surface area contributed by atoms with Crippen LogP contribution in [-0.2, 0) is 6.42 Å². The number of aromatic carboxylic acids is 1. The van der Waals surface area contributed by atoms with Crippen LogP contribution in [0.2, 0.25) is 0 Å². The Labute approximate surface area is 142 Å². The van der Waals surface area contributed by atoms with E-state index in [1.54, 1.807) is 12.1 Å². The number of rotatable bonds is 2. The molecule has 2 aliphatic rings. The molecule has 25 heavy (non-hydrogen) atoms. The van der Waals surface area contributed by atoms with Gasteiger partial charge in [0.25, 0.3) is 0 Å². The molecule has 0 radical (unpaired) electrons. The minimum Gasteiger partial charge on any atom is -0.504 e. The average Bonchev–Trinajstić information content (AvgIpc) is 3.09. The summed E-state index contributed by atoms with van der Waals surface area (Å²) in [6.45, 7) is 1.94. The molecule has 7 nitrogen and oxygen atoms in total. The number of carboxylic acids is 1. The lowest BCUT2D eigenvalue weighted by Gasteiger charge is -2.34. The summed E-state index contributed by atoms with van der Waals surface area (Å²) in [5.41, 5.74) is 0.0335. The van der Waals surface area contributed by atoms with Crippen LogP contribution in [0.25, 0.3) is 10.9 Å². The van der Waals surface area contributed by atoms with E-state index in [2.05, 4.69) is 0 Å². The topological polar surface area (TPSA) is 86.0 Å². The first kappa shape index (κ1) is 15.7. The summed E-state index contributed by atoms with van der Waals surface area (Å²) in [7, 11) is 1.76. The van der Waals surface area contributed by atoms with Gasteiger partial charge < -0.3 is 20.1 Å². The van der Waals surface area contributed by atoms with Crippen molar-refractivity contribution in [1.82, 2.24) is 4.68 Å². The number of nitrogens with zero attached hydrogens (tertiary/aromatic N) is 3. The lowest BCUT2D eigenvalue weighted by Crippen LogP contribution is -2.39. The number of hydrogen-bond donors (Lipinski definition) is 2. The molecule has 2 aliphatic heterocycles. The Morgan fingerprint density at radius 2 is 1.92 bits per heavy atom. The summed E-state index contributed by atoms with van der Waals surface area (Å²) >= 11 is 0. The minimum absolute atomic E-state index is 0.262. The molecule has 4 rings (SSSR count). The molecule has 8 heteroatoms. The molecular weight excluding hydrogens is 329 g/mol. The number of pyridine rings is 1. The van der Waals surface area contributed by atoms with E-state index in [4.69, 9.17) is 0 Å². The minimum atomic E-state index is -1.40. The van der Waals surface area contributed by atoms with Crippen LogP contribution in [0, 0.1) is 5.82 Å². The number of carboxylic acid groups (broad SMARTS) is 1. The lowest BCUT2D eigenvalue weighted by molar-refractivity contribution is 0.0695. The molecule has 1 aromatic heterocycles. The van der Waals surface area contributed by atoms with Crippen molar-refractivity contribution in [3.63, 3.8) is 0 Å². The van der Waals surface area contributed by atoms with E-state index in [0.717, 1.165) is 12.8 Å². The Kier molecular flexibility index (Phi) is 3.38. The maximum absolute atomic E-state index is 15.0. The Balaban J connectivity index is 2.17. The molecule has 0 unspecified atom stereocenters. The van der Waals surface area contributed by atoms with Gasteiger partial charge in [0.1, 0.15) is 5.56 Å². The van der Waals surface area contributed by atoms with E-state index < -0.39 is 28.5 Å². The average molecular weight is 347 g/mol. The number of carbonyl (C=O) groups is 1.